The number of hydrogen-bond donors (Lipinski definition) is 3. The van der Waals surface area contributed by atoms with Gasteiger partial charge in [-0.05, 0) is 110 Å². The fourth-order valence-corrected chi connectivity index (χ4v) is 7.96. The van der Waals surface area contributed by atoms with Gasteiger partial charge in [0, 0.05) is 12.1 Å². The van der Waals surface area contributed by atoms with Crippen LogP contribution in [0.2, 0.25) is 0 Å². The SMILES string of the molecule is CC1CC(CC2CC(C(C)(C)C)CC(CC3CC(C)C(N)C(C)C3)C2O)CC(C)C1N. The van der Waals surface area contributed by atoms with Crippen molar-refractivity contribution in [3.05, 3.63) is 0 Å². The predicted octanol–water partition coefficient (Wildman–Crippen LogP) is 5.84. The minimum atomic E-state index is -0.124. The first-order valence-corrected chi connectivity index (χ1v) is 13.6. The van der Waals surface area contributed by atoms with E-state index < -0.39 is 0 Å². The Hall–Kier alpha value is -0.120. The van der Waals surface area contributed by atoms with Crippen molar-refractivity contribution in [3.63, 3.8) is 0 Å². The van der Waals surface area contributed by atoms with Crippen molar-refractivity contribution in [1.29, 1.82) is 0 Å². The van der Waals surface area contributed by atoms with Gasteiger partial charge in [-0.25, -0.2) is 0 Å². The summed E-state index contributed by atoms with van der Waals surface area (Å²) in [6.45, 7) is 16.6. The zero-order valence-corrected chi connectivity index (χ0v) is 21.7. The van der Waals surface area contributed by atoms with Gasteiger partial charge < -0.3 is 16.6 Å². The van der Waals surface area contributed by atoms with Crippen LogP contribution in [0.4, 0.5) is 0 Å². The van der Waals surface area contributed by atoms with Gasteiger partial charge in [-0.1, -0.05) is 48.5 Å². The molecule has 5 N–H and O–H groups in total. The summed E-state index contributed by atoms with van der Waals surface area (Å²) in [5.74, 6) is 5.54. The van der Waals surface area contributed by atoms with Gasteiger partial charge in [0.1, 0.15) is 0 Å². The number of nitrogens with two attached hydrogens (primary N) is 2. The Morgan fingerprint density at radius 3 is 1.26 bits per heavy atom. The van der Waals surface area contributed by atoms with Crippen LogP contribution >= 0.6 is 0 Å². The smallest absolute Gasteiger partial charge is 0.0596 e. The van der Waals surface area contributed by atoms with E-state index in [4.69, 9.17) is 11.5 Å². The maximum atomic E-state index is 11.6. The lowest BCUT2D eigenvalue weighted by Crippen LogP contribution is -2.46. The van der Waals surface area contributed by atoms with Crippen LogP contribution in [0, 0.1) is 58.7 Å². The molecule has 182 valence electrons. The second kappa shape index (κ2) is 10.0. The Morgan fingerprint density at radius 2 is 0.968 bits per heavy atom. The van der Waals surface area contributed by atoms with Gasteiger partial charge in [-0.2, -0.15) is 0 Å². The second-order valence-corrected chi connectivity index (χ2v) is 13.8. The zero-order chi connectivity index (χ0) is 23.1. The van der Waals surface area contributed by atoms with Gasteiger partial charge in [-0.3, -0.25) is 0 Å². The molecule has 0 aliphatic heterocycles. The summed E-state index contributed by atoms with van der Waals surface area (Å²) in [5, 5.41) is 11.6. The first-order valence-electron chi connectivity index (χ1n) is 13.6. The van der Waals surface area contributed by atoms with E-state index in [-0.39, 0.29) is 6.10 Å². The fourth-order valence-electron chi connectivity index (χ4n) is 7.96. The van der Waals surface area contributed by atoms with Gasteiger partial charge in [-0.15, -0.1) is 0 Å². The van der Waals surface area contributed by atoms with Crippen molar-refractivity contribution in [2.75, 3.05) is 0 Å². The zero-order valence-electron chi connectivity index (χ0n) is 21.7. The van der Waals surface area contributed by atoms with Crippen molar-refractivity contribution in [3.8, 4) is 0 Å². The summed E-state index contributed by atoms with van der Waals surface area (Å²) in [5.41, 5.74) is 13.2. The van der Waals surface area contributed by atoms with Crippen LogP contribution < -0.4 is 11.5 Å². The van der Waals surface area contributed by atoms with Crippen LogP contribution in [0.5, 0.6) is 0 Å². The summed E-state index contributed by atoms with van der Waals surface area (Å²) in [6.07, 6.45) is 9.67. The van der Waals surface area contributed by atoms with Crippen molar-refractivity contribution in [2.24, 2.45) is 70.1 Å². The first-order chi connectivity index (χ1) is 14.4. The highest BCUT2D eigenvalue weighted by Gasteiger charge is 2.44. The number of hydrogen-bond acceptors (Lipinski definition) is 3. The van der Waals surface area contributed by atoms with Crippen molar-refractivity contribution in [1.82, 2.24) is 0 Å². The van der Waals surface area contributed by atoms with Crippen LogP contribution in [0.1, 0.15) is 99.8 Å². The lowest BCUT2D eigenvalue weighted by molar-refractivity contribution is -0.0515. The quantitative estimate of drug-likeness (QED) is 0.521. The first kappa shape index (κ1) is 25.5. The van der Waals surface area contributed by atoms with Gasteiger partial charge in [0.05, 0.1) is 6.10 Å². The number of rotatable bonds is 4. The third kappa shape index (κ3) is 6.07. The normalized spacial score (nSPS) is 49.7. The van der Waals surface area contributed by atoms with E-state index in [1.165, 1.54) is 51.4 Å². The molecule has 31 heavy (non-hydrogen) atoms. The molecule has 0 spiro atoms. The molecule has 0 radical (unpaired) electrons. The maximum Gasteiger partial charge on any atom is 0.0596 e. The van der Waals surface area contributed by atoms with E-state index in [0.29, 0.717) is 58.9 Å². The minimum Gasteiger partial charge on any atom is -0.393 e. The van der Waals surface area contributed by atoms with Crippen molar-refractivity contribution < 1.29 is 5.11 Å². The monoisotopic (exact) mass is 434 g/mol. The lowest BCUT2D eigenvalue weighted by Gasteiger charge is -2.48. The Kier molecular flexibility index (Phi) is 8.24. The highest BCUT2D eigenvalue weighted by molar-refractivity contribution is 4.95. The lowest BCUT2D eigenvalue weighted by atomic mass is 9.59. The highest BCUT2D eigenvalue weighted by atomic mass is 16.3. The average Bonchev–Trinajstić information content (AvgIpc) is 2.66. The van der Waals surface area contributed by atoms with Gasteiger partial charge in [0.25, 0.3) is 0 Å². The molecule has 3 aliphatic rings. The summed E-state index contributed by atoms with van der Waals surface area (Å²) in [4.78, 5) is 0. The third-order valence-corrected chi connectivity index (χ3v) is 10.1. The topological polar surface area (TPSA) is 72.3 Å². The van der Waals surface area contributed by atoms with E-state index in [1.54, 1.807) is 0 Å². The molecule has 0 aromatic rings. The van der Waals surface area contributed by atoms with Gasteiger partial charge >= 0.3 is 0 Å². The fraction of sp³-hybridized carbons (Fsp3) is 1.00. The van der Waals surface area contributed by atoms with Crippen LogP contribution in [0.25, 0.3) is 0 Å². The van der Waals surface area contributed by atoms with Crippen molar-refractivity contribution in [2.45, 2.75) is 118 Å². The van der Waals surface area contributed by atoms with E-state index >= 15 is 0 Å². The average molecular weight is 435 g/mol. The third-order valence-electron chi connectivity index (χ3n) is 10.1. The van der Waals surface area contributed by atoms with E-state index in [2.05, 4.69) is 48.5 Å². The van der Waals surface area contributed by atoms with Crippen LogP contribution in [0.15, 0.2) is 0 Å². The van der Waals surface area contributed by atoms with Crippen LogP contribution in [-0.2, 0) is 0 Å². The molecule has 6 unspecified atom stereocenters. The summed E-state index contributed by atoms with van der Waals surface area (Å²) in [6, 6.07) is 0.702. The molecular formula is C28H54N2O. The molecule has 3 rings (SSSR count). The van der Waals surface area contributed by atoms with E-state index in [1.807, 2.05) is 0 Å². The molecule has 0 aromatic carbocycles. The summed E-state index contributed by atoms with van der Waals surface area (Å²) < 4.78 is 0. The Bertz CT molecular complexity index is 506. The van der Waals surface area contributed by atoms with Crippen molar-refractivity contribution >= 4 is 0 Å². The van der Waals surface area contributed by atoms with E-state index in [9.17, 15) is 5.11 Å². The molecule has 0 aromatic heterocycles. The number of aliphatic hydroxyl groups excluding tert-OH is 1. The molecular weight excluding hydrogens is 380 g/mol. The van der Waals surface area contributed by atoms with E-state index in [0.717, 1.165) is 11.8 Å². The molecule has 3 aliphatic carbocycles. The molecule has 3 heteroatoms. The molecule has 0 heterocycles. The minimum absolute atomic E-state index is 0.124. The molecule has 3 fully saturated rings. The molecule has 6 atom stereocenters. The molecule has 3 nitrogen and oxygen atoms in total. The van der Waals surface area contributed by atoms with Gasteiger partial charge in [0.15, 0.2) is 0 Å². The largest absolute Gasteiger partial charge is 0.393 e. The Morgan fingerprint density at radius 1 is 0.645 bits per heavy atom. The van der Waals surface area contributed by atoms with Crippen LogP contribution in [0.3, 0.4) is 0 Å². The summed E-state index contributed by atoms with van der Waals surface area (Å²) in [7, 11) is 0. The summed E-state index contributed by atoms with van der Waals surface area (Å²) >= 11 is 0. The highest BCUT2D eigenvalue weighted by Crippen LogP contribution is 2.49. The molecule has 0 saturated heterocycles. The molecule has 0 bridgehead atoms. The molecule has 3 saturated carbocycles. The Labute approximate surface area is 193 Å². The standard InChI is InChI=1S/C28H54N2O/c1-16-8-20(9-17(2)25(16)29)12-22-14-24(28(5,6)7)15-23(27(22)31)13-21-10-18(3)26(30)19(4)11-21/h16-27,31H,8-15,29-30H2,1-7H3. The number of aliphatic hydroxyl groups is 1. The Balaban J connectivity index is 1.69. The molecule has 0 amide bonds. The maximum absolute atomic E-state index is 11.6. The second-order valence-electron chi connectivity index (χ2n) is 13.8. The van der Waals surface area contributed by atoms with Gasteiger partial charge in [0.2, 0.25) is 0 Å². The predicted molar refractivity (Wildman–Crippen MR) is 132 cm³/mol. The van der Waals surface area contributed by atoms with Crippen LogP contribution in [-0.4, -0.2) is 23.3 Å².